The summed E-state index contributed by atoms with van der Waals surface area (Å²) in [7, 11) is 0. The van der Waals surface area contributed by atoms with E-state index in [1.165, 1.54) is 12.1 Å². The van der Waals surface area contributed by atoms with Gasteiger partial charge in [0.05, 0.1) is 23.6 Å². The number of hydrazone groups is 1. The molecular weight excluding hydrogens is 250 g/mol. The van der Waals surface area contributed by atoms with Crippen LogP contribution in [0.25, 0.3) is 0 Å². The quantitative estimate of drug-likeness (QED) is 0.368. The zero-order valence-corrected chi connectivity index (χ0v) is 10.8. The standard InChI is InChI=1S/C12H15N3O4/c1-3-19-12(16)8-9(2)13-14-10-4-6-11(7-5-10)15(17)18/h4-7,14H,3,8H2,1-2H3. The molecule has 102 valence electrons. The Hall–Kier alpha value is -2.44. The summed E-state index contributed by atoms with van der Waals surface area (Å²) in [5.74, 6) is -0.339. The predicted octanol–water partition coefficient (Wildman–Crippen LogP) is 2.34. The van der Waals surface area contributed by atoms with Crippen LogP contribution >= 0.6 is 0 Å². The van der Waals surface area contributed by atoms with E-state index in [0.29, 0.717) is 18.0 Å². The lowest BCUT2D eigenvalue weighted by Gasteiger charge is -2.03. The zero-order chi connectivity index (χ0) is 14.3. The van der Waals surface area contributed by atoms with Crippen LogP contribution in [0.2, 0.25) is 0 Å². The van der Waals surface area contributed by atoms with Crippen molar-refractivity contribution < 1.29 is 14.5 Å². The minimum Gasteiger partial charge on any atom is -0.466 e. The van der Waals surface area contributed by atoms with E-state index >= 15 is 0 Å². The maximum atomic E-state index is 11.2. The Morgan fingerprint density at radius 2 is 2.05 bits per heavy atom. The van der Waals surface area contributed by atoms with Crippen LogP contribution in [0.15, 0.2) is 29.4 Å². The number of esters is 1. The largest absolute Gasteiger partial charge is 0.466 e. The second-order valence-corrected chi connectivity index (χ2v) is 3.74. The number of nitro groups is 1. The molecule has 0 saturated heterocycles. The van der Waals surface area contributed by atoms with Gasteiger partial charge in [-0.25, -0.2) is 0 Å². The van der Waals surface area contributed by atoms with Crippen molar-refractivity contribution in [2.75, 3.05) is 12.0 Å². The number of ether oxygens (including phenoxy) is 1. The van der Waals surface area contributed by atoms with Crippen LogP contribution in [0.3, 0.4) is 0 Å². The van der Waals surface area contributed by atoms with Gasteiger partial charge in [-0.3, -0.25) is 20.3 Å². The highest BCUT2D eigenvalue weighted by atomic mass is 16.6. The molecule has 0 bridgehead atoms. The Bertz CT molecular complexity index is 482. The normalized spacial score (nSPS) is 10.9. The number of carbonyl (C=O) groups excluding carboxylic acids is 1. The SMILES string of the molecule is CCOC(=O)CC(C)=NNc1ccc([N+](=O)[O-])cc1. The fourth-order valence-corrected chi connectivity index (χ4v) is 1.28. The fraction of sp³-hybridized carbons (Fsp3) is 0.333. The van der Waals surface area contributed by atoms with E-state index < -0.39 is 4.92 Å². The number of rotatable bonds is 6. The lowest BCUT2D eigenvalue weighted by atomic mass is 10.3. The molecule has 0 aromatic heterocycles. The highest BCUT2D eigenvalue weighted by Crippen LogP contribution is 2.15. The van der Waals surface area contributed by atoms with E-state index in [0.717, 1.165) is 0 Å². The molecule has 0 aliphatic heterocycles. The lowest BCUT2D eigenvalue weighted by molar-refractivity contribution is -0.384. The topological polar surface area (TPSA) is 93.8 Å². The number of benzene rings is 1. The van der Waals surface area contributed by atoms with Crippen LogP contribution in [0, 0.1) is 10.1 Å². The molecule has 0 radical (unpaired) electrons. The number of nitrogens with zero attached hydrogens (tertiary/aromatic N) is 2. The van der Waals surface area contributed by atoms with E-state index in [2.05, 4.69) is 10.5 Å². The van der Waals surface area contributed by atoms with E-state index in [1.54, 1.807) is 26.0 Å². The van der Waals surface area contributed by atoms with Crippen molar-refractivity contribution in [1.82, 2.24) is 0 Å². The summed E-state index contributed by atoms with van der Waals surface area (Å²) >= 11 is 0. The molecular formula is C12H15N3O4. The average Bonchev–Trinajstić information content (AvgIpc) is 2.37. The molecule has 0 atom stereocenters. The first-order chi connectivity index (χ1) is 9.02. The van der Waals surface area contributed by atoms with Crippen molar-refractivity contribution in [3.63, 3.8) is 0 Å². The zero-order valence-electron chi connectivity index (χ0n) is 10.8. The summed E-state index contributed by atoms with van der Waals surface area (Å²) in [6, 6.07) is 5.83. The second-order valence-electron chi connectivity index (χ2n) is 3.74. The van der Waals surface area contributed by atoms with Gasteiger partial charge in [0.2, 0.25) is 0 Å². The van der Waals surface area contributed by atoms with Crippen molar-refractivity contribution in [2.24, 2.45) is 5.10 Å². The molecule has 0 heterocycles. The monoisotopic (exact) mass is 265 g/mol. The second kappa shape index (κ2) is 7.10. The number of nitro benzene ring substituents is 1. The summed E-state index contributed by atoms with van der Waals surface area (Å²) in [6.45, 7) is 3.76. The molecule has 1 N–H and O–H groups in total. The number of carbonyl (C=O) groups is 1. The van der Waals surface area contributed by atoms with Crippen LogP contribution in [-0.4, -0.2) is 23.2 Å². The van der Waals surface area contributed by atoms with E-state index in [9.17, 15) is 14.9 Å². The molecule has 0 fully saturated rings. The first-order valence-electron chi connectivity index (χ1n) is 5.72. The van der Waals surface area contributed by atoms with Gasteiger partial charge in [0.15, 0.2) is 0 Å². The minimum atomic E-state index is -0.473. The van der Waals surface area contributed by atoms with Gasteiger partial charge < -0.3 is 4.74 Å². The molecule has 19 heavy (non-hydrogen) atoms. The van der Waals surface area contributed by atoms with E-state index in [-0.39, 0.29) is 18.1 Å². The Labute approximate surface area is 110 Å². The number of anilines is 1. The van der Waals surface area contributed by atoms with Gasteiger partial charge in [0, 0.05) is 17.8 Å². The van der Waals surface area contributed by atoms with E-state index in [1.807, 2.05) is 0 Å². The molecule has 7 nitrogen and oxygen atoms in total. The smallest absolute Gasteiger partial charge is 0.311 e. The van der Waals surface area contributed by atoms with Crippen LogP contribution in [0.4, 0.5) is 11.4 Å². The third kappa shape index (κ3) is 5.15. The molecule has 0 saturated carbocycles. The van der Waals surface area contributed by atoms with Crippen LogP contribution in [-0.2, 0) is 9.53 Å². The van der Waals surface area contributed by atoms with Gasteiger partial charge >= 0.3 is 5.97 Å². The minimum absolute atomic E-state index is 0.0118. The van der Waals surface area contributed by atoms with Crippen LogP contribution < -0.4 is 5.43 Å². The van der Waals surface area contributed by atoms with Gasteiger partial charge in [-0.05, 0) is 26.0 Å². The Kier molecular flexibility index (Phi) is 5.46. The maximum absolute atomic E-state index is 11.2. The summed E-state index contributed by atoms with van der Waals surface area (Å²) in [4.78, 5) is 21.2. The lowest BCUT2D eigenvalue weighted by Crippen LogP contribution is -2.10. The molecule has 0 aliphatic carbocycles. The van der Waals surface area contributed by atoms with Crippen molar-refractivity contribution in [3.8, 4) is 0 Å². The summed E-state index contributed by atoms with van der Waals surface area (Å²) in [5, 5.41) is 14.5. The number of hydrogen-bond acceptors (Lipinski definition) is 6. The van der Waals surface area contributed by atoms with Gasteiger partial charge in [-0.1, -0.05) is 0 Å². The number of nitrogens with one attached hydrogen (secondary N) is 1. The highest BCUT2D eigenvalue weighted by molar-refractivity contribution is 5.97. The first kappa shape index (κ1) is 14.6. The van der Waals surface area contributed by atoms with E-state index in [4.69, 9.17) is 4.74 Å². The van der Waals surface area contributed by atoms with Crippen molar-refractivity contribution in [3.05, 3.63) is 34.4 Å². The maximum Gasteiger partial charge on any atom is 0.311 e. The third-order valence-corrected chi connectivity index (χ3v) is 2.16. The predicted molar refractivity (Wildman–Crippen MR) is 71.1 cm³/mol. The molecule has 7 heteroatoms. The Balaban J connectivity index is 2.55. The number of hydrogen-bond donors (Lipinski definition) is 1. The molecule has 1 aromatic rings. The average molecular weight is 265 g/mol. The fourth-order valence-electron chi connectivity index (χ4n) is 1.28. The van der Waals surface area contributed by atoms with Gasteiger partial charge in [-0.15, -0.1) is 0 Å². The molecule has 0 amide bonds. The van der Waals surface area contributed by atoms with Gasteiger partial charge in [-0.2, -0.15) is 5.10 Å². The third-order valence-electron chi connectivity index (χ3n) is 2.16. The summed E-state index contributed by atoms with van der Waals surface area (Å²) in [6.07, 6.45) is 0.105. The first-order valence-corrected chi connectivity index (χ1v) is 5.72. The van der Waals surface area contributed by atoms with Crippen molar-refractivity contribution >= 4 is 23.1 Å². The highest BCUT2D eigenvalue weighted by Gasteiger charge is 2.05. The molecule has 0 unspecified atom stereocenters. The van der Waals surface area contributed by atoms with Crippen LogP contribution in [0.5, 0.6) is 0 Å². The number of non-ortho nitro benzene ring substituents is 1. The molecule has 0 aliphatic rings. The summed E-state index contributed by atoms with van der Waals surface area (Å²) < 4.78 is 4.78. The van der Waals surface area contributed by atoms with Crippen molar-refractivity contribution in [2.45, 2.75) is 20.3 Å². The van der Waals surface area contributed by atoms with Gasteiger partial charge in [0.25, 0.3) is 5.69 Å². The molecule has 0 spiro atoms. The van der Waals surface area contributed by atoms with Crippen LogP contribution in [0.1, 0.15) is 20.3 Å². The van der Waals surface area contributed by atoms with Gasteiger partial charge in [0.1, 0.15) is 0 Å². The summed E-state index contributed by atoms with van der Waals surface area (Å²) in [5.41, 5.74) is 3.90. The van der Waals surface area contributed by atoms with Crippen molar-refractivity contribution in [1.29, 1.82) is 0 Å². The molecule has 1 rings (SSSR count). The Morgan fingerprint density at radius 3 is 2.58 bits per heavy atom. The Morgan fingerprint density at radius 1 is 1.42 bits per heavy atom. The molecule has 1 aromatic carbocycles.